The Morgan fingerprint density at radius 3 is 2.55 bits per heavy atom. The summed E-state index contributed by atoms with van der Waals surface area (Å²) in [5, 5.41) is 9.60. The first-order valence-corrected chi connectivity index (χ1v) is 11.1. The highest BCUT2D eigenvalue weighted by atomic mass is 35.5. The lowest BCUT2D eigenvalue weighted by atomic mass is 9.88. The second kappa shape index (κ2) is 9.83. The number of ketones is 2. The fourth-order valence-electron chi connectivity index (χ4n) is 3.68. The molecule has 0 bridgehead atoms. The molecule has 0 saturated heterocycles. The van der Waals surface area contributed by atoms with Crippen LogP contribution in [0.3, 0.4) is 0 Å². The highest BCUT2D eigenvalue weighted by molar-refractivity contribution is 6.30. The van der Waals surface area contributed by atoms with Gasteiger partial charge in [0.05, 0.1) is 24.2 Å². The highest BCUT2D eigenvalue weighted by Gasteiger charge is 2.39. The van der Waals surface area contributed by atoms with E-state index in [0.29, 0.717) is 17.7 Å². The molecule has 8 heteroatoms. The highest BCUT2D eigenvalue weighted by Crippen LogP contribution is 2.41. The Morgan fingerprint density at radius 2 is 1.94 bits per heavy atom. The lowest BCUT2D eigenvalue weighted by molar-refractivity contribution is -0.142. The third kappa shape index (κ3) is 5.47. The molecule has 0 spiro atoms. The van der Waals surface area contributed by atoms with E-state index in [9.17, 15) is 19.5 Å². The summed E-state index contributed by atoms with van der Waals surface area (Å²) in [6.07, 6.45) is 0.394. The number of phenolic OH excluding ortho intramolecular Hbond substituents is 1. The number of hydrogen-bond donors (Lipinski definition) is 1. The van der Waals surface area contributed by atoms with Crippen molar-refractivity contribution >= 4 is 29.1 Å². The summed E-state index contributed by atoms with van der Waals surface area (Å²) < 4.78 is 16.9. The van der Waals surface area contributed by atoms with E-state index < -0.39 is 16.9 Å². The molecule has 3 rings (SSSR count). The van der Waals surface area contributed by atoms with Crippen LogP contribution in [0.1, 0.15) is 59.0 Å². The van der Waals surface area contributed by atoms with Gasteiger partial charge in [0.1, 0.15) is 34.8 Å². The van der Waals surface area contributed by atoms with E-state index in [2.05, 4.69) is 0 Å². The molecule has 176 valence electrons. The van der Waals surface area contributed by atoms with Gasteiger partial charge in [-0.15, -0.1) is 11.6 Å². The first-order chi connectivity index (χ1) is 15.5. The number of carbonyl (C=O) groups excluding carboxylic acids is 3. The average molecular weight is 475 g/mol. The van der Waals surface area contributed by atoms with Crippen molar-refractivity contribution in [2.24, 2.45) is 0 Å². The topological polar surface area (TPSA) is 99.1 Å². The number of esters is 1. The Bertz CT molecular complexity index is 1080. The molecule has 1 aliphatic heterocycles. The molecule has 0 amide bonds. The quantitative estimate of drug-likeness (QED) is 0.343. The van der Waals surface area contributed by atoms with Crippen LogP contribution in [-0.2, 0) is 16.0 Å². The van der Waals surface area contributed by atoms with E-state index in [-0.39, 0.29) is 53.8 Å². The van der Waals surface area contributed by atoms with Gasteiger partial charge < -0.3 is 19.3 Å². The predicted molar refractivity (Wildman–Crippen MR) is 123 cm³/mol. The summed E-state index contributed by atoms with van der Waals surface area (Å²) in [5.41, 5.74) is 0.633. The molecular weight excluding hydrogens is 448 g/mol. The van der Waals surface area contributed by atoms with Crippen LogP contribution >= 0.6 is 11.6 Å². The largest absolute Gasteiger partial charge is 0.507 e. The van der Waals surface area contributed by atoms with Gasteiger partial charge in [-0.25, -0.2) is 0 Å². The summed E-state index contributed by atoms with van der Waals surface area (Å²) in [6.45, 7) is 6.80. The molecule has 0 aliphatic carbocycles. The molecule has 2 aromatic carbocycles. The Hall–Kier alpha value is -3.06. The molecule has 2 aromatic rings. The minimum absolute atomic E-state index is 0.0626. The van der Waals surface area contributed by atoms with Crippen LogP contribution in [0.25, 0.3) is 0 Å². The zero-order chi connectivity index (χ0) is 24.3. The zero-order valence-electron chi connectivity index (χ0n) is 19.1. The van der Waals surface area contributed by atoms with Crippen LogP contribution in [0.15, 0.2) is 30.3 Å². The Labute approximate surface area is 197 Å². The van der Waals surface area contributed by atoms with Crippen LogP contribution in [0.5, 0.6) is 17.2 Å². The minimum atomic E-state index is -0.956. The first-order valence-electron chi connectivity index (χ1n) is 10.7. The SMILES string of the molecule is CCOC(=O)C(Cl)Cc1ccc(OCC2(C)CC(=O)c3cc(C(C)=O)c(O)c(C)c3O2)cc1. The molecule has 2 unspecified atom stereocenters. The Kier molecular flexibility index (Phi) is 7.32. The van der Waals surface area contributed by atoms with E-state index in [4.69, 9.17) is 25.8 Å². The van der Waals surface area contributed by atoms with Crippen molar-refractivity contribution < 1.29 is 33.7 Å². The van der Waals surface area contributed by atoms with Crippen LogP contribution < -0.4 is 9.47 Å². The second-order valence-corrected chi connectivity index (χ2v) is 8.87. The van der Waals surface area contributed by atoms with Crippen molar-refractivity contribution in [1.82, 2.24) is 0 Å². The number of phenols is 1. The molecule has 2 atom stereocenters. The van der Waals surface area contributed by atoms with E-state index in [1.54, 1.807) is 45.0 Å². The maximum absolute atomic E-state index is 12.8. The lowest BCUT2D eigenvalue weighted by Crippen LogP contribution is -2.44. The number of hydrogen-bond acceptors (Lipinski definition) is 7. The summed E-state index contributed by atoms with van der Waals surface area (Å²) in [6, 6.07) is 8.51. The van der Waals surface area contributed by atoms with Crippen molar-refractivity contribution in [2.75, 3.05) is 13.2 Å². The second-order valence-electron chi connectivity index (χ2n) is 8.34. The molecule has 0 radical (unpaired) electrons. The van der Waals surface area contributed by atoms with Crippen molar-refractivity contribution in [3.8, 4) is 17.2 Å². The van der Waals surface area contributed by atoms with Crippen molar-refractivity contribution in [3.63, 3.8) is 0 Å². The van der Waals surface area contributed by atoms with Gasteiger partial charge in [-0.2, -0.15) is 0 Å². The maximum Gasteiger partial charge on any atom is 0.324 e. The number of Topliss-reactive ketones (excluding diaryl/α,β-unsaturated/α-hetero) is 2. The Morgan fingerprint density at radius 1 is 1.27 bits per heavy atom. The van der Waals surface area contributed by atoms with Gasteiger partial charge in [0.25, 0.3) is 0 Å². The van der Waals surface area contributed by atoms with Gasteiger partial charge in [0.15, 0.2) is 11.6 Å². The summed E-state index contributed by atoms with van der Waals surface area (Å²) >= 11 is 6.08. The number of halogens is 1. The first kappa shape index (κ1) is 24.6. The maximum atomic E-state index is 12.8. The average Bonchev–Trinajstić information content (AvgIpc) is 2.76. The monoisotopic (exact) mass is 474 g/mol. The molecule has 7 nitrogen and oxygen atoms in total. The molecule has 1 aliphatic rings. The summed E-state index contributed by atoms with van der Waals surface area (Å²) in [4.78, 5) is 36.3. The van der Waals surface area contributed by atoms with Gasteiger partial charge in [-0.1, -0.05) is 12.1 Å². The molecule has 0 fully saturated rings. The van der Waals surface area contributed by atoms with Gasteiger partial charge >= 0.3 is 5.97 Å². The number of ether oxygens (including phenoxy) is 3. The van der Waals surface area contributed by atoms with E-state index in [0.717, 1.165) is 5.56 Å². The molecule has 1 N–H and O–H groups in total. The predicted octanol–water partition coefficient (Wildman–Crippen LogP) is 4.42. The number of carbonyl (C=O) groups is 3. The van der Waals surface area contributed by atoms with Crippen LogP contribution in [0.4, 0.5) is 0 Å². The fraction of sp³-hybridized carbons (Fsp3) is 0.400. The van der Waals surface area contributed by atoms with Crippen LogP contribution in [0.2, 0.25) is 0 Å². The van der Waals surface area contributed by atoms with Crippen LogP contribution in [0, 0.1) is 6.92 Å². The molecule has 33 heavy (non-hydrogen) atoms. The van der Waals surface area contributed by atoms with E-state index >= 15 is 0 Å². The number of alkyl halides is 1. The van der Waals surface area contributed by atoms with Gasteiger partial charge in [0, 0.05) is 5.56 Å². The number of fused-ring (bicyclic) bond motifs is 1. The van der Waals surface area contributed by atoms with Crippen molar-refractivity contribution in [3.05, 3.63) is 52.6 Å². The molecule has 0 aromatic heterocycles. The third-order valence-electron chi connectivity index (χ3n) is 5.47. The fourth-order valence-corrected chi connectivity index (χ4v) is 3.92. The van der Waals surface area contributed by atoms with Crippen molar-refractivity contribution in [1.29, 1.82) is 0 Å². The van der Waals surface area contributed by atoms with E-state index in [1.807, 2.05) is 0 Å². The number of benzene rings is 2. The standard InChI is InChI=1S/C25H27ClO7/c1-5-31-24(30)20(26)10-16-6-8-17(9-7-16)32-13-25(4)12-21(28)19-11-18(15(3)27)22(29)14(2)23(19)33-25/h6-9,11,20,29H,5,10,12-13H2,1-4H3. The lowest BCUT2D eigenvalue weighted by Gasteiger charge is -2.35. The third-order valence-corrected chi connectivity index (χ3v) is 5.80. The van der Waals surface area contributed by atoms with Crippen molar-refractivity contribution in [2.45, 2.75) is 51.5 Å². The van der Waals surface area contributed by atoms with Gasteiger partial charge in [0.2, 0.25) is 0 Å². The van der Waals surface area contributed by atoms with Crippen LogP contribution in [-0.4, -0.2) is 46.8 Å². The minimum Gasteiger partial charge on any atom is -0.507 e. The smallest absolute Gasteiger partial charge is 0.324 e. The summed E-state index contributed by atoms with van der Waals surface area (Å²) in [5.74, 6) is -0.318. The Balaban J connectivity index is 1.69. The molecule has 0 saturated carbocycles. The normalized spacial score (nSPS) is 18.2. The van der Waals surface area contributed by atoms with Gasteiger partial charge in [-0.05, 0) is 57.9 Å². The van der Waals surface area contributed by atoms with Gasteiger partial charge in [-0.3, -0.25) is 14.4 Å². The summed E-state index contributed by atoms with van der Waals surface area (Å²) in [7, 11) is 0. The number of aromatic hydroxyl groups is 1. The molecule has 1 heterocycles. The van der Waals surface area contributed by atoms with E-state index in [1.165, 1.54) is 13.0 Å². The molecular formula is C25H27ClO7. The number of rotatable bonds is 8. The zero-order valence-corrected chi connectivity index (χ0v) is 19.8.